The van der Waals surface area contributed by atoms with Crippen LogP contribution >= 0.6 is 12.4 Å². The molecule has 5 heteroatoms. The van der Waals surface area contributed by atoms with Crippen LogP contribution in [0.4, 0.5) is 0 Å². The summed E-state index contributed by atoms with van der Waals surface area (Å²) in [6, 6.07) is 8.11. The van der Waals surface area contributed by atoms with Crippen LogP contribution in [0.2, 0.25) is 0 Å². The van der Waals surface area contributed by atoms with E-state index >= 15 is 0 Å². The summed E-state index contributed by atoms with van der Waals surface area (Å²) in [6.45, 7) is 4.03. The summed E-state index contributed by atoms with van der Waals surface area (Å²) in [5.74, 6) is 0.690. The van der Waals surface area contributed by atoms with Crippen LogP contribution in [-0.2, 0) is 11.2 Å². The van der Waals surface area contributed by atoms with Crippen molar-refractivity contribution < 1.29 is 9.53 Å². The first-order chi connectivity index (χ1) is 8.78. The molecule has 0 bridgehead atoms. The molecule has 1 unspecified atom stereocenters. The molecular weight excluding hydrogens is 264 g/mol. The largest absolute Gasteiger partial charge is 0.484 e. The number of aryl methyl sites for hydroxylation is 1. The number of halogens is 1. The quantitative estimate of drug-likeness (QED) is 0.862. The van der Waals surface area contributed by atoms with E-state index in [9.17, 15) is 4.79 Å². The molecule has 0 spiro atoms. The van der Waals surface area contributed by atoms with Crippen LogP contribution in [-0.4, -0.2) is 31.6 Å². The van der Waals surface area contributed by atoms with Gasteiger partial charge in [-0.15, -0.1) is 12.4 Å². The molecule has 0 aliphatic carbocycles. The van der Waals surface area contributed by atoms with Gasteiger partial charge in [0.25, 0.3) is 5.91 Å². The maximum Gasteiger partial charge on any atom is 0.258 e. The molecule has 1 aromatic carbocycles. The molecule has 1 atom stereocenters. The maximum atomic E-state index is 11.6. The van der Waals surface area contributed by atoms with Gasteiger partial charge in [-0.25, -0.2) is 0 Å². The molecule has 0 radical (unpaired) electrons. The normalized spacial score (nSPS) is 17.6. The van der Waals surface area contributed by atoms with Gasteiger partial charge in [-0.2, -0.15) is 0 Å². The lowest BCUT2D eigenvalue weighted by Gasteiger charge is -2.12. The predicted octanol–water partition coefficient (Wildman–Crippen LogP) is 1.53. The molecule has 19 heavy (non-hydrogen) atoms. The molecule has 0 aromatic heterocycles. The number of nitrogens with one attached hydrogen (secondary N) is 2. The Kier molecular flexibility index (Phi) is 6.67. The molecule has 0 saturated carbocycles. The van der Waals surface area contributed by atoms with E-state index in [0.29, 0.717) is 0 Å². The van der Waals surface area contributed by atoms with Crippen LogP contribution in [0.15, 0.2) is 24.3 Å². The molecule has 2 rings (SSSR count). The number of carbonyl (C=O) groups is 1. The molecule has 2 N–H and O–H groups in total. The molecule has 4 nitrogen and oxygen atoms in total. The second-order valence-corrected chi connectivity index (χ2v) is 4.54. The fourth-order valence-electron chi connectivity index (χ4n) is 2.02. The van der Waals surface area contributed by atoms with Crippen LogP contribution in [0.5, 0.6) is 5.75 Å². The van der Waals surface area contributed by atoms with Crippen molar-refractivity contribution in [2.45, 2.75) is 25.8 Å². The van der Waals surface area contributed by atoms with E-state index in [1.807, 2.05) is 24.3 Å². The maximum absolute atomic E-state index is 11.6. The minimum absolute atomic E-state index is 0. The van der Waals surface area contributed by atoms with Gasteiger partial charge in [-0.05, 0) is 37.1 Å². The second-order valence-electron chi connectivity index (χ2n) is 4.54. The Hall–Kier alpha value is -1.26. The summed E-state index contributed by atoms with van der Waals surface area (Å²) in [5.41, 5.74) is 1.27. The summed E-state index contributed by atoms with van der Waals surface area (Å²) in [5, 5.41) is 6.15. The van der Waals surface area contributed by atoms with Gasteiger partial charge in [0.1, 0.15) is 5.75 Å². The van der Waals surface area contributed by atoms with Crippen molar-refractivity contribution in [3.63, 3.8) is 0 Å². The first-order valence-electron chi connectivity index (χ1n) is 6.49. The number of rotatable bonds is 5. The molecule has 1 saturated heterocycles. The standard InChI is InChI=1S/C14H20N2O2.ClH/c1-2-11-3-5-13(6-4-11)18-10-14(17)16-12-7-8-15-9-12;/h3-6,12,15H,2,7-10H2,1H3,(H,16,17);1H. The van der Waals surface area contributed by atoms with Gasteiger partial charge in [0.05, 0.1) is 0 Å². The van der Waals surface area contributed by atoms with E-state index in [0.717, 1.165) is 31.7 Å². The zero-order valence-electron chi connectivity index (χ0n) is 11.1. The molecule has 1 amide bonds. The minimum Gasteiger partial charge on any atom is -0.484 e. The minimum atomic E-state index is -0.0525. The number of hydrogen-bond donors (Lipinski definition) is 2. The molecule has 1 heterocycles. The second kappa shape index (κ2) is 8.02. The average Bonchev–Trinajstić information content (AvgIpc) is 2.90. The third kappa shape index (κ3) is 5.09. The predicted molar refractivity (Wildman–Crippen MR) is 78.0 cm³/mol. The monoisotopic (exact) mass is 284 g/mol. The van der Waals surface area contributed by atoms with Gasteiger partial charge in [0, 0.05) is 12.6 Å². The van der Waals surface area contributed by atoms with E-state index in [4.69, 9.17) is 4.74 Å². The topological polar surface area (TPSA) is 50.4 Å². The molecule has 1 fully saturated rings. The van der Waals surface area contributed by atoms with Crippen molar-refractivity contribution in [3.05, 3.63) is 29.8 Å². The van der Waals surface area contributed by atoms with E-state index in [1.54, 1.807) is 0 Å². The Morgan fingerprint density at radius 1 is 1.42 bits per heavy atom. The lowest BCUT2D eigenvalue weighted by Crippen LogP contribution is -2.39. The third-order valence-electron chi connectivity index (χ3n) is 3.13. The van der Waals surface area contributed by atoms with Crippen molar-refractivity contribution >= 4 is 18.3 Å². The van der Waals surface area contributed by atoms with E-state index < -0.39 is 0 Å². The molecule has 1 aliphatic rings. The lowest BCUT2D eigenvalue weighted by atomic mass is 10.2. The van der Waals surface area contributed by atoms with Crippen molar-refractivity contribution in [3.8, 4) is 5.75 Å². The summed E-state index contributed by atoms with van der Waals surface area (Å²) in [7, 11) is 0. The molecule has 1 aromatic rings. The summed E-state index contributed by atoms with van der Waals surface area (Å²) < 4.78 is 5.45. The summed E-state index contributed by atoms with van der Waals surface area (Å²) >= 11 is 0. The Morgan fingerprint density at radius 2 is 2.16 bits per heavy atom. The number of amides is 1. The SMILES string of the molecule is CCc1ccc(OCC(=O)NC2CCNC2)cc1.Cl. The zero-order chi connectivity index (χ0) is 12.8. The van der Waals surface area contributed by atoms with Crippen molar-refractivity contribution in [1.29, 1.82) is 0 Å². The number of benzene rings is 1. The zero-order valence-corrected chi connectivity index (χ0v) is 12.0. The highest BCUT2D eigenvalue weighted by molar-refractivity contribution is 5.85. The van der Waals surface area contributed by atoms with E-state index in [-0.39, 0.29) is 31.0 Å². The Labute approximate surface area is 120 Å². The third-order valence-corrected chi connectivity index (χ3v) is 3.13. The molecule has 106 valence electrons. The summed E-state index contributed by atoms with van der Waals surface area (Å²) in [6.07, 6.45) is 2.01. The fourth-order valence-corrected chi connectivity index (χ4v) is 2.02. The summed E-state index contributed by atoms with van der Waals surface area (Å²) in [4.78, 5) is 11.6. The van der Waals surface area contributed by atoms with Gasteiger partial charge in [0.15, 0.2) is 6.61 Å². The van der Waals surface area contributed by atoms with Gasteiger partial charge in [-0.1, -0.05) is 19.1 Å². The van der Waals surface area contributed by atoms with E-state index in [2.05, 4.69) is 17.6 Å². The molecule has 1 aliphatic heterocycles. The number of ether oxygens (including phenoxy) is 1. The smallest absolute Gasteiger partial charge is 0.258 e. The van der Waals surface area contributed by atoms with Crippen LogP contribution in [0.25, 0.3) is 0 Å². The highest BCUT2D eigenvalue weighted by atomic mass is 35.5. The highest BCUT2D eigenvalue weighted by Crippen LogP contribution is 2.12. The Balaban J connectivity index is 0.00000180. The van der Waals surface area contributed by atoms with Crippen LogP contribution in [0.1, 0.15) is 18.9 Å². The Bertz CT molecular complexity index is 389. The Morgan fingerprint density at radius 3 is 2.74 bits per heavy atom. The van der Waals surface area contributed by atoms with Crippen molar-refractivity contribution in [1.82, 2.24) is 10.6 Å². The number of carbonyl (C=O) groups excluding carboxylic acids is 1. The average molecular weight is 285 g/mol. The van der Waals surface area contributed by atoms with Crippen LogP contribution < -0.4 is 15.4 Å². The van der Waals surface area contributed by atoms with Gasteiger partial charge >= 0.3 is 0 Å². The first kappa shape index (κ1) is 15.8. The van der Waals surface area contributed by atoms with Gasteiger partial charge < -0.3 is 15.4 Å². The van der Waals surface area contributed by atoms with Gasteiger partial charge in [0.2, 0.25) is 0 Å². The molecular formula is C14H21ClN2O2. The first-order valence-corrected chi connectivity index (χ1v) is 6.49. The van der Waals surface area contributed by atoms with E-state index in [1.165, 1.54) is 5.56 Å². The van der Waals surface area contributed by atoms with Crippen LogP contribution in [0, 0.1) is 0 Å². The van der Waals surface area contributed by atoms with Gasteiger partial charge in [-0.3, -0.25) is 4.79 Å². The van der Waals surface area contributed by atoms with Crippen LogP contribution in [0.3, 0.4) is 0 Å². The highest BCUT2D eigenvalue weighted by Gasteiger charge is 2.16. The fraction of sp³-hybridized carbons (Fsp3) is 0.500. The van der Waals surface area contributed by atoms with Crippen molar-refractivity contribution in [2.75, 3.05) is 19.7 Å². The lowest BCUT2D eigenvalue weighted by molar-refractivity contribution is -0.123. The number of hydrogen-bond acceptors (Lipinski definition) is 3. The van der Waals surface area contributed by atoms with Crippen molar-refractivity contribution in [2.24, 2.45) is 0 Å².